The lowest BCUT2D eigenvalue weighted by molar-refractivity contribution is -0.121. The molecule has 1 amide bonds. The van der Waals surface area contributed by atoms with Gasteiger partial charge in [-0.25, -0.2) is 4.79 Å². The molecule has 1 fully saturated rings. The number of benzene rings is 2. The third-order valence-electron chi connectivity index (χ3n) is 6.61. The van der Waals surface area contributed by atoms with E-state index in [1.165, 1.54) is 9.13 Å². The van der Waals surface area contributed by atoms with Crippen LogP contribution in [0.1, 0.15) is 38.2 Å². The summed E-state index contributed by atoms with van der Waals surface area (Å²) in [4.78, 5) is 38.5. The second kappa shape index (κ2) is 9.02. The van der Waals surface area contributed by atoms with Crippen molar-refractivity contribution in [3.63, 3.8) is 0 Å². The van der Waals surface area contributed by atoms with Gasteiger partial charge in [0.2, 0.25) is 5.91 Å². The molecule has 1 heterocycles. The summed E-state index contributed by atoms with van der Waals surface area (Å²) in [5.41, 5.74) is 0.611. The fraction of sp³-hybridized carbons (Fsp3) is 0.400. The van der Waals surface area contributed by atoms with E-state index in [1.54, 1.807) is 38.3 Å². The SMILES string of the molecule is CCn1c(=O)c2ccccc2n(CC(=O)NCC2(c3ccccc3OC)CCCC2)c1=O. The molecule has 4 rings (SSSR count). The highest BCUT2D eigenvalue weighted by Gasteiger charge is 2.38. The number of rotatable bonds is 7. The number of amides is 1. The van der Waals surface area contributed by atoms with Gasteiger partial charge in [-0.3, -0.25) is 18.7 Å². The molecule has 168 valence electrons. The smallest absolute Gasteiger partial charge is 0.331 e. The summed E-state index contributed by atoms with van der Waals surface area (Å²) >= 11 is 0. The highest BCUT2D eigenvalue weighted by Crippen LogP contribution is 2.44. The Morgan fingerprint density at radius 3 is 2.44 bits per heavy atom. The van der Waals surface area contributed by atoms with E-state index in [4.69, 9.17) is 4.74 Å². The maximum Gasteiger partial charge on any atom is 0.331 e. The molecule has 1 aliphatic carbocycles. The minimum atomic E-state index is -0.466. The van der Waals surface area contributed by atoms with Gasteiger partial charge in [-0.2, -0.15) is 0 Å². The van der Waals surface area contributed by atoms with E-state index in [0.29, 0.717) is 17.4 Å². The van der Waals surface area contributed by atoms with Crippen molar-refractivity contribution >= 4 is 16.8 Å². The Morgan fingerprint density at radius 1 is 1.03 bits per heavy atom. The average Bonchev–Trinajstić information content (AvgIpc) is 3.31. The molecule has 1 aromatic heterocycles. The maximum atomic E-state index is 13.0. The minimum absolute atomic E-state index is 0.137. The topological polar surface area (TPSA) is 82.3 Å². The summed E-state index contributed by atoms with van der Waals surface area (Å²) in [5, 5.41) is 3.50. The Hall–Kier alpha value is -3.35. The third kappa shape index (κ3) is 3.83. The van der Waals surface area contributed by atoms with Crippen molar-refractivity contribution in [1.29, 1.82) is 0 Å². The van der Waals surface area contributed by atoms with Crippen molar-refractivity contribution in [2.24, 2.45) is 0 Å². The molecule has 0 radical (unpaired) electrons. The van der Waals surface area contributed by atoms with E-state index in [2.05, 4.69) is 11.4 Å². The average molecular weight is 436 g/mol. The van der Waals surface area contributed by atoms with E-state index in [1.807, 2.05) is 18.2 Å². The van der Waals surface area contributed by atoms with Gasteiger partial charge < -0.3 is 10.1 Å². The van der Waals surface area contributed by atoms with Gasteiger partial charge in [0, 0.05) is 24.1 Å². The number of nitrogens with zero attached hydrogens (tertiary/aromatic N) is 2. The van der Waals surface area contributed by atoms with Crippen LogP contribution in [-0.2, 0) is 23.3 Å². The number of hydrogen-bond acceptors (Lipinski definition) is 4. The summed E-state index contributed by atoms with van der Waals surface area (Å²) in [6.07, 6.45) is 4.13. The van der Waals surface area contributed by atoms with Gasteiger partial charge in [0.05, 0.1) is 18.0 Å². The van der Waals surface area contributed by atoms with Gasteiger partial charge in [0.15, 0.2) is 0 Å². The highest BCUT2D eigenvalue weighted by atomic mass is 16.5. The maximum absolute atomic E-state index is 13.0. The van der Waals surface area contributed by atoms with Gasteiger partial charge in [-0.05, 0) is 38.0 Å². The molecule has 7 nitrogen and oxygen atoms in total. The fourth-order valence-corrected chi connectivity index (χ4v) is 4.95. The molecule has 0 spiro atoms. The van der Waals surface area contributed by atoms with E-state index < -0.39 is 5.69 Å². The van der Waals surface area contributed by atoms with Crippen LogP contribution in [0.2, 0.25) is 0 Å². The Morgan fingerprint density at radius 2 is 1.72 bits per heavy atom. The molecule has 0 aliphatic heterocycles. The van der Waals surface area contributed by atoms with Crippen LogP contribution in [0.3, 0.4) is 0 Å². The molecule has 3 aromatic rings. The second-order valence-electron chi connectivity index (χ2n) is 8.40. The van der Waals surface area contributed by atoms with Gasteiger partial charge in [-0.15, -0.1) is 0 Å². The van der Waals surface area contributed by atoms with Gasteiger partial charge >= 0.3 is 5.69 Å². The van der Waals surface area contributed by atoms with Crippen LogP contribution in [0.4, 0.5) is 0 Å². The second-order valence-corrected chi connectivity index (χ2v) is 8.40. The van der Waals surface area contributed by atoms with E-state index in [9.17, 15) is 14.4 Å². The van der Waals surface area contributed by atoms with Crippen molar-refractivity contribution < 1.29 is 9.53 Å². The van der Waals surface area contributed by atoms with Crippen LogP contribution in [0.15, 0.2) is 58.1 Å². The van der Waals surface area contributed by atoms with Gasteiger partial charge in [-0.1, -0.05) is 43.2 Å². The number of ether oxygens (including phenoxy) is 1. The predicted octanol–water partition coefficient (Wildman–Crippen LogP) is 2.82. The molecule has 1 saturated carbocycles. The van der Waals surface area contributed by atoms with Crippen LogP contribution in [0, 0.1) is 0 Å². The molecule has 0 atom stereocenters. The normalized spacial score (nSPS) is 15.1. The molecular formula is C25H29N3O4. The lowest BCUT2D eigenvalue weighted by Gasteiger charge is -2.31. The molecule has 1 N–H and O–H groups in total. The molecule has 32 heavy (non-hydrogen) atoms. The lowest BCUT2D eigenvalue weighted by atomic mass is 9.78. The van der Waals surface area contributed by atoms with Crippen molar-refractivity contribution in [2.75, 3.05) is 13.7 Å². The molecule has 0 bridgehead atoms. The Kier molecular flexibility index (Phi) is 6.17. The minimum Gasteiger partial charge on any atom is -0.496 e. The first-order chi connectivity index (χ1) is 15.5. The first-order valence-corrected chi connectivity index (χ1v) is 11.1. The number of nitrogens with one attached hydrogen (secondary N) is 1. The number of methoxy groups -OCH3 is 1. The largest absolute Gasteiger partial charge is 0.496 e. The van der Waals surface area contributed by atoms with Gasteiger partial charge in [0.25, 0.3) is 5.56 Å². The van der Waals surface area contributed by atoms with E-state index >= 15 is 0 Å². The van der Waals surface area contributed by atoms with E-state index in [-0.39, 0.29) is 30.0 Å². The summed E-state index contributed by atoms with van der Waals surface area (Å²) in [5.74, 6) is 0.584. The standard InChI is InChI=1S/C25H29N3O4/c1-3-27-23(30)18-10-4-6-12-20(18)28(24(27)31)16-22(29)26-17-25(14-8-9-15-25)19-11-5-7-13-21(19)32-2/h4-7,10-13H,3,8-9,14-17H2,1-2H3,(H,26,29). The fourth-order valence-electron chi connectivity index (χ4n) is 4.95. The first-order valence-electron chi connectivity index (χ1n) is 11.1. The van der Waals surface area contributed by atoms with Crippen molar-refractivity contribution in [1.82, 2.24) is 14.5 Å². The number of para-hydroxylation sites is 2. The zero-order valence-corrected chi connectivity index (χ0v) is 18.6. The van der Waals surface area contributed by atoms with Crippen LogP contribution < -0.4 is 21.3 Å². The molecule has 2 aromatic carbocycles. The molecule has 1 aliphatic rings. The Bertz CT molecular complexity index is 1250. The monoisotopic (exact) mass is 435 g/mol. The van der Waals surface area contributed by atoms with Crippen LogP contribution in [-0.4, -0.2) is 28.7 Å². The van der Waals surface area contributed by atoms with Crippen molar-refractivity contribution in [2.45, 2.75) is 51.1 Å². The zero-order chi connectivity index (χ0) is 22.7. The van der Waals surface area contributed by atoms with E-state index in [0.717, 1.165) is 37.0 Å². The van der Waals surface area contributed by atoms with Crippen molar-refractivity contribution in [3.8, 4) is 5.75 Å². The number of fused-ring (bicyclic) bond motifs is 1. The molecule has 0 saturated heterocycles. The molecule has 0 unspecified atom stereocenters. The number of carbonyl (C=O) groups is 1. The van der Waals surface area contributed by atoms with Crippen LogP contribution in [0.25, 0.3) is 10.9 Å². The predicted molar refractivity (Wildman–Crippen MR) is 124 cm³/mol. The molecular weight excluding hydrogens is 406 g/mol. The quantitative estimate of drug-likeness (QED) is 0.619. The molecule has 7 heteroatoms. The summed E-state index contributed by atoms with van der Waals surface area (Å²) < 4.78 is 8.15. The summed E-state index contributed by atoms with van der Waals surface area (Å²) in [6.45, 7) is 2.34. The summed E-state index contributed by atoms with van der Waals surface area (Å²) in [6, 6.07) is 14.9. The van der Waals surface area contributed by atoms with Crippen molar-refractivity contribution in [3.05, 3.63) is 74.9 Å². The zero-order valence-electron chi connectivity index (χ0n) is 18.6. The first kappa shape index (κ1) is 21.9. The van der Waals surface area contributed by atoms with Crippen LogP contribution in [0.5, 0.6) is 5.75 Å². The summed E-state index contributed by atoms with van der Waals surface area (Å²) in [7, 11) is 1.67. The Labute approximate surface area is 186 Å². The Balaban J connectivity index is 1.61. The number of hydrogen-bond donors (Lipinski definition) is 1. The number of carbonyl (C=O) groups excluding carboxylic acids is 1. The lowest BCUT2D eigenvalue weighted by Crippen LogP contribution is -2.44. The highest BCUT2D eigenvalue weighted by molar-refractivity contribution is 5.81. The third-order valence-corrected chi connectivity index (χ3v) is 6.61. The van der Waals surface area contributed by atoms with Crippen LogP contribution >= 0.6 is 0 Å². The van der Waals surface area contributed by atoms with Gasteiger partial charge in [0.1, 0.15) is 12.3 Å². The number of aromatic nitrogens is 2.